The molecule has 0 aliphatic carbocycles. The molecule has 174 valence electrons. The fourth-order valence-corrected chi connectivity index (χ4v) is 3.91. The number of ether oxygens (including phenoxy) is 3. The lowest BCUT2D eigenvalue weighted by atomic mass is 10.1. The Bertz CT molecular complexity index is 1100. The minimum Gasteiger partial charge on any atom is -0.494 e. The molecule has 8 heteroatoms. The monoisotopic (exact) mass is 451 g/mol. The highest BCUT2D eigenvalue weighted by atomic mass is 16.5. The van der Waals surface area contributed by atoms with Crippen LogP contribution >= 0.6 is 0 Å². The standard InChI is InChI=1S/C25H29N3O5/c1-4-30-20-9-7-8-18(13-20)24-26-25(33-27-24)19-14-23(29)28(16-19)15-17-10-11-21(31-5-2)22(12-17)32-6-3/h7-13,19H,4-6,14-16H2,1-3H3. The Balaban J connectivity index is 1.45. The number of hydrogen-bond acceptors (Lipinski definition) is 7. The Morgan fingerprint density at radius 1 is 1.00 bits per heavy atom. The van der Waals surface area contributed by atoms with Crippen LogP contribution in [0.15, 0.2) is 47.0 Å². The second kappa shape index (κ2) is 10.4. The molecule has 1 amide bonds. The molecule has 0 bridgehead atoms. The molecule has 1 atom stereocenters. The van der Waals surface area contributed by atoms with Crippen molar-refractivity contribution in [2.75, 3.05) is 26.4 Å². The van der Waals surface area contributed by atoms with Crippen molar-refractivity contribution in [3.8, 4) is 28.6 Å². The minimum atomic E-state index is -0.136. The zero-order valence-corrected chi connectivity index (χ0v) is 19.2. The predicted molar refractivity (Wildman–Crippen MR) is 122 cm³/mol. The topological polar surface area (TPSA) is 86.9 Å². The van der Waals surface area contributed by atoms with Crippen molar-refractivity contribution >= 4 is 5.91 Å². The van der Waals surface area contributed by atoms with Crippen LogP contribution in [0.25, 0.3) is 11.4 Å². The van der Waals surface area contributed by atoms with Crippen molar-refractivity contribution in [1.29, 1.82) is 0 Å². The Hall–Kier alpha value is -3.55. The van der Waals surface area contributed by atoms with Gasteiger partial charge in [0, 0.05) is 25.1 Å². The largest absolute Gasteiger partial charge is 0.494 e. The molecule has 2 aromatic carbocycles. The van der Waals surface area contributed by atoms with E-state index in [-0.39, 0.29) is 11.8 Å². The van der Waals surface area contributed by atoms with E-state index in [1.165, 1.54) is 0 Å². The van der Waals surface area contributed by atoms with Gasteiger partial charge in [0.05, 0.1) is 25.7 Å². The minimum absolute atomic E-state index is 0.0601. The summed E-state index contributed by atoms with van der Waals surface area (Å²) >= 11 is 0. The number of hydrogen-bond donors (Lipinski definition) is 0. The number of nitrogens with zero attached hydrogens (tertiary/aromatic N) is 3. The number of benzene rings is 2. The third-order valence-corrected chi connectivity index (χ3v) is 5.39. The average Bonchev–Trinajstić information content (AvgIpc) is 3.44. The molecular weight excluding hydrogens is 422 g/mol. The highest BCUT2D eigenvalue weighted by Gasteiger charge is 2.34. The predicted octanol–water partition coefficient (Wildman–Crippen LogP) is 4.45. The second-order valence-corrected chi connectivity index (χ2v) is 7.74. The van der Waals surface area contributed by atoms with E-state index in [4.69, 9.17) is 18.7 Å². The van der Waals surface area contributed by atoms with Crippen LogP contribution in [0.2, 0.25) is 0 Å². The summed E-state index contributed by atoms with van der Waals surface area (Å²) < 4.78 is 22.4. The zero-order chi connectivity index (χ0) is 23.2. The molecule has 1 aliphatic rings. The van der Waals surface area contributed by atoms with E-state index < -0.39 is 0 Å². The van der Waals surface area contributed by atoms with Crippen molar-refractivity contribution in [3.63, 3.8) is 0 Å². The Morgan fingerprint density at radius 2 is 1.79 bits per heavy atom. The van der Waals surface area contributed by atoms with E-state index in [1.807, 2.05) is 68.1 Å². The Labute approximate surface area is 193 Å². The van der Waals surface area contributed by atoms with Gasteiger partial charge in [0.2, 0.25) is 17.6 Å². The van der Waals surface area contributed by atoms with Crippen LogP contribution in [-0.2, 0) is 11.3 Å². The third kappa shape index (κ3) is 5.27. The van der Waals surface area contributed by atoms with E-state index in [0.29, 0.717) is 62.5 Å². The van der Waals surface area contributed by atoms with E-state index >= 15 is 0 Å². The van der Waals surface area contributed by atoms with Gasteiger partial charge < -0.3 is 23.6 Å². The highest BCUT2D eigenvalue weighted by molar-refractivity contribution is 5.79. The van der Waals surface area contributed by atoms with Crippen molar-refractivity contribution in [1.82, 2.24) is 15.0 Å². The van der Waals surface area contributed by atoms with Gasteiger partial charge in [0.1, 0.15) is 5.75 Å². The first-order chi connectivity index (χ1) is 16.1. The molecule has 4 rings (SSSR count). The summed E-state index contributed by atoms with van der Waals surface area (Å²) in [5, 5.41) is 4.12. The van der Waals surface area contributed by atoms with Gasteiger partial charge in [-0.05, 0) is 50.6 Å². The lowest BCUT2D eigenvalue weighted by Crippen LogP contribution is -2.24. The highest BCUT2D eigenvalue weighted by Crippen LogP contribution is 2.33. The fraction of sp³-hybridized carbons (Fsp3) is 0.400. The SMILES string of the molecule is CCOc1cccc(-c2noc(C3CC(=O)N(Cc4ccc(OCC)c(OCC)c4)C3)n2)c1. The molecule has 1 aromatic heterocycles. The van der Waals surface area contributed by atoms with Crippen molar-refractivity contribution in [2.45, 2.75) is 39.7 Å². The maximum Gasteiger partial charge on any atom is 0.232 e. The van der Waals surface area contributed by atoms with E-state index in [9.17, 15) is 4.79 Å². The summed E-state index contributed by atoms with van der Waals surface area (Å²) in [5.41, 5.74) is 1.80. The molecule has 0 spiro atoms. The van der Waals surface area contributed by atoms with Crippen LogP contribution in [0.1, 0.15) is 44.6 Å². The quantitative estimate of drug-likeness (QED) is 0.450. The number of aromatic nitrogens is 2. The molecule has 1 fully saturated rings. The van der Waals surface area contributed by atoms with Crippen LogP contribution in [0.5, 0.6) is 17.2 Å². The summed E-state index contributed by atoms with van der Waals surface area (Å²) in [7, 11) is 0. The molecule has 2 heterocycles. The van der Waals surface area contributed by atoms with E-state index in [2.05, 4.69) is 10.1 Å². The first-order valence-corrected chi connectivity index (χ1v) is 11.3. The summed E-state index contributed by atoms with van der Waals surface area (Å²) in [6.45, 7) is 8.51. The molecule has 0 radical (unpaired) electrons. The van der Waals surface area contributed by atoms with Gasteiger partial charge in [-0.1, -0.05) is 23.4 Å². The number of amides is 1. The summed E-state index contributed by atoms with van der Waals surface area (Å²) in [6.07, 6.45) is 0.343. The number of likely N-dealkylation sites (tertiary alicyclic amines) is 1. The molecule has 1 unspecified atom stereocenters. The van der Waals surface area contributed by atoms with Crippen LogP contribution in [0.4, 0.5) is 0 Å². The average molecular weight is 452 g/mol. The normalized spacial score (nSPS) is 15.7. The van der Waals surface area contributed by atoms with Crippen LogP contribution < -0.4 is 14.2 Å². The molecule has 3 aromatic rings. The third-order valence-electron chi connectivity index (χ3n) is 5.39. The van der Waals surface area contributed by atoms with Gasteiger partial charge in [-0.2, -0.15) is 4.98 Å². The summed E-state index contributed by atoms with van der Waals surface area (Å²) in [6, 6.07) is 13.4. The van der Waals surface area contributed by atoms with Gasteiger partial charge in [0.25, 0.3) is 0 Å². The molecule has 0 saturated carbocycles. The fourth-order valence-electron chi connectivity index (χ4n) is 3.91. The van der Waals surface area contributed by atoms with E-state index in [0.717, 1.165) is 16.9 Å². The van der Waals surface area contributed by atoms with Crippen LogP contribution in [0, 0.1) is 0 Å². The number of rotatable bonds is 10. The molecule has 1 aliphatic heterocycles. The molecule has 1 saturated heterocycles. The summed E-state index contributed by atoms with van der Waals surface area (Å²) in [4.78, 5) is 19.1. The first-order valence-electron chi connectivity index (χ1n) is 11.3. The Kier molecular flexibility index (Phi) is 7.12. The number of carbonyl (C=O) groups excluding carboxylic acids is 1. The second-order valence-electron chi connectivity index (χ2n) is 7.74. The van der Waals surface area contributed by atoms with Crippen molar-refractivity contribution < 1.29 is 23.5 Å². The van der Waals surface area contributed by atoms with Gasteiger partial charge in [-0.3, -0.25) is 4.79 Å². The number of carbonyl (C=O) groups is 1. The Morgan fingerprint density at radius 3 is 2.58 bits per heavy atom. The van der Waals surface area contributed by atoms with Gasteiger partial charge in [-0.25, -0.2) is 0 Å². The van der Waals surface area contributed by atoms with Crippen molar-refractivity contribution in [2.24, 2.45) is 0 Å². The smallest absolute Gasteiger partial charge is 0.232 e. The van der Waals surface area contributed by atoms with Gasteiger partial charge in [0.15, 0.2) is 11.5 Å². The van der Waals surface area contributed by atoms with Crippen molar-refractivity contribution in [3.05, 3.63) is 53.9 Å². The zero-order valence-electron chi connectivity index (χ0n) is 19.2. The molecule has 0 N–H and O–H groups in total. The maximum absolute atomic E-state index is 12.7. The molecule has 33 heavy (non-hydrogen) atoms. The van der Waals surface area contributed by atoms with Gasteiger partial charge in [-0.15, -0.1) is 0 Å². The van der Waals surface area contributed by atoms with Gasteiger partial charge >= 0.3 is 0 Å². The maximum atomic E-state index is 12.7. The summed E-state index contributed by atoms with van der Waals surface area (Å²) in [5.74, 6) is 3.05. The lowest BCUT2D eigenvalue weighted by molar-refractivity contribution is -0.128. The van der Waals surface area contributed by atoms with Crippen LogP contribution in [-0.4, -0.2) is 47.3 Å². The lowest BCUT2D eigenvalue weighted by Gasteiger charge is -2.18. The van der Waals surface area contributed by atoms with Crippen LogP contribution in [0.3, 0.4) is 0 Å². The van der Waals surface area contributed by atoms with E-state index in [1.54, 1.807) is 0 Å². The molecule has 8 nitrogen and oxygen atoms in total. The first kappa shape index (κ1) is 22.6. The molecular formula is C25H29N3O5.